The highest BCUT2D eigenvalue weighted by atomic mass is 19.1. The predicted octanol–water partition coefficient (Wildman–Crippen LogP) is 2.34. The van der Waals surface area contributed by atoms with Crippen molar-refractivity contribution >= 4 is 11.7 Å². The first kappa shape index (κ1) is 13.8. The fourth-order valence-corrected chi connectivity index (χ4v) is 3.01. The SMILES string of the molecule is C=CC(=O)N1CCC2(CC1)CC(=O)c1cc(F)ccc1O2. The summed E-state index contributed by atoms with van der Waals surface area (Å²) >= 11 is 0. The second kappa shape index (κ2) is 4.98. The number of rotatable bonds is 1. The van der Waals surface area contributed by atoms with E-state index < -0.39 is 11.4 Å². The van der Waals surface area contributed by atoms with Crippen LogP contribution in [0.4, 0.5) is 4.39 Å². The summed E-state index contributed by atoms with van der Waals surface area (Å²) in [6.45, 7) is 4.55. The van der Waals surface area contributed by atoms with Crippen LogP contribution in [0.3, 0.4) is 0 Å². The number of likely N-dealkylation sites (tertiary alicyclic amines) is 1. The number of hydrogen-bond acceptors (Lipinski definition) is 3. The van der Waals surface area contributed by atoms with E-state index in [0.717, 1.165) is 0 Å². The van der Waals surface area contributed by atoms with Crippen molar-refractivity contribution in [1.82, 2.24) is 4.90 Å². The molecular formula is C16H16FNO3. The molecule has 4 nitrogen and oxygen atoms in total. The van der Waals surface area contributed by atoms with E-state index in [1.807, 2.05) is 0 Å². The highest BCUT2D eigenvalue weighted by molar-refractivity contribution is 6.00. The fourth-order valence-electron chi connectivity index (χ4n) is 3.01. The Labute approximate surface area is 122 Å². The van der Waals surface area contributed by atoms with Crippen LogP contribution >= 0.6 is 0 Å². The van der Waals surface area contributed by atoms with Gasteiger partial charge in [-0.1, -0.05) is 6.58 Å². The van der Waals surface area contributed by atoms with Crippen LogP contribution in [0.2, 0.25) is 0 Å². The molecular weight excluding hydrogens is 273 g/mol. The number of carbonyl (C=O) groups excluding carboxylic acids is 2. The lowest BCUT2D eigenvalue weighted by molar-refractivity contribution is -0.129. The van der Waals surface area contributed by atoms with Crippen molar-refractivity contribution in [3.05, 3.63) is 42.2 Å². The normalized spacial score (nSPS) is 19.9. The Morgan fingerprint density at radius 2 is 2.10 bits per heavy atom. The average molecular weight is 289 g/mol. The van der Waals surface area contributed by atoms with Crippen molar-refractivity contribution in [3.63, 3.8) is 0 Å². The molecule has 2 aliphatic heterocycles. The Morgan fingerprint density at radius 3 is 2.76 bits per heavy atom. The molecule has 0 atom stereocenters. The van der Waals surface area contributed by atoms with E-state index in [1.165, 1.54) is 24.3 Å². The molecule has 1 spiro atoms. The quantitative estimate of drug-likeness (QED) is 0.745. The van der Waals surface area contributed by atoms with Gasteiger partial charge >= 0.3 is 0 Å². The highest BCUT2D eigenvalue weighted by Gasteiger charge is 2.43. The lowest BCUT2D eigenvalue weighted by Gasteiger charge is -2.43. The lowest BCUT2D eigenvalue weighted by Crippen LogP contribution is -2.52. The minimum Gasteiger partial charge on any atom is -0.486 e. The molecule has 1 aromatic rings. The van der Waals surface area contributed by atoms with Gasteiger partial charge in [0.25, 0.3) is 0 Å². The van der Waals surface area contributed by atoms with Gasteiger partial charge in [-0.3, -0.25) is 9.59 Å². The van der Waals surface area contributed by atoms with Crippen molar-refractivity contribution in [2.75, 3.05) is 13.1 Å². The Balaban J connectivity index is 1.80. The van der Waals surface area contributed by atoms with Crippen molar-refractivity contribution in [1.29, 1.82) is 0 Å². The van der Waals surface area contributed by atoms with Crippen LogP contribution in [0, 0.1) is 5.82 Å². The summed E-state index contributed by atoms with van der Waals surface area (Å²) in [4.78, 5) is 25.5. The molecule has 2 aliphatic rings. The number of ether oxygens (including phenoxy) is 1. The first-order valence-electron chi connectivity index (χ1n) is 6.96. The molecule has 0 radical (unpaired) electrons. The van der Waals surface area contributed by atoms with Crippen LogP contribution in [0.5, 0.6) is 5.75 Å². The third-order valence-electron chi connectivity index (χ3n) is 4.21. The maximum atomic E-state index is 13.2. The Bertz CT molecular complexity index is 618. The molecule has 0 unspecified atom stereocenters. The summed E-state index contributed by atoms with van der Waals surface area (Å²) in [6.07, 6.45) is 2.72. The Morgan fingerprint density at radius 1 is 1.38 bits per heavy atom. The number of halogens is 1. The average Bonchev–Trinajstić information content (AvgIpc) is 2.48. The van der Waals surface area contributed by atoms with Gasteiger partial charge in [0.05, 0.1) is 12.0 Å². The third-order valence-corrected chi connectivity index (χ3v) is 4.21. The lowest BCUT2D eigenvalue weighted by atomic mass is 9.82. The van der Waals surface area contributed by atoms with Gasteiger partial charge in [-0.15, -0.1) is 0 Å². The first-order valence-corrected chi connectivity index (χ1v) is 6.96. The van der Waals surface area contributed by atoms with Crippen LogP contribution < -0.4 is 4.74 Å². The number of nitrogens with zero attached hydrogens (tertiary/aromatic N) is 1. The molecule has 0 N–H and O–H groups in total. The molecule has 1 fully saturated rings. The van der Waals surface area contributed by atoms with Crippen molar-refractivity contribution in [2.45, 2.75) is 24.9 Å². The number of benzene rings is 1. The molecule has 0 bridgehead atoms. The fraction of sp³-hybridized carbons (Fsp3) is 0.375. The van der Waals surface area contributed by atoms with Crippen molar-refractivity contribution in [3.8, 4) is 5.75 Å². The van der Waals surface area contributed by atoms with Crippen LogP contribution in [0.25, 0.3) is 0 Å². The van der Waals surface area contributed by atoms with Crippen LogP contribution in [-0.2, 0) is 4.79 Å². The van der Waals surface area contributed by atoms with Gasteiger partial charge in [0.2, 0.25) is 5.91 Å². The number of amides is 1. The van der Waals surface area contributed by atoms with E-state index in [-0.39, 0.29) is 18.1 Å². The second-order valence-electron chi connectivity index (χ2n) is 5.55. The maximum Gasteiger partial charge on any atom is 0.245 e. The zero-order valence-corrected chi connectivity index (χ0v) is 11.6. The van der Waals surface area contributed by atoms with Gasteiger partial charge in [-0.05, 0) is 24.3 Å². The topological polar surface area (TPSA) is 46.6 Å². The standard InChI is InChI=1S/C16H16FNO3/c1-2-15(20)18-7-5-16(6-8-18)10-13(19)12-9-11(17)3-4-14(12)21-16/h2-4,9H,1,5-8,10H2. The van der Waals surface area contributed by atoms with E-state index in [4.69, 9.17) is 4.74 Å². The summed E-state index contributed by atoms with van der Waals surface area (Å²) in [5.74, 6) is -0.196. The second-order valence-corrected chi connectivity index (χ2v) is 5.55. The predicted molar refractivity (Wildman–Crippen MR) is 74.7 cm³/mol. The van der Waals surface area contributed by atoms with Gasteiger partial charge in [0.1, 0.15) is 17.2 Å². The molecule has 5 heteroatoms. The van der Waals surface area contributed by atoms with Crippen molar-refractivity contribution < 1.29 is 18.7 Å². The molecule has 1 aromatic carbocycles. The summed E-state index contributed by atoms with van der Waals surface area (Å²) in [5, 5.41) is 0. The summed E-state index contributed by atoms with van der Waals surface area (Å²) in [5.41, 5.74) is -0.259. The first-order chi connectivity index (χ1) is 10.0. The molecule has 0 saturated carbocycles. The molecule has 1 saturated heterocycles. The third kappa shape index (κ3) is 2.44. The Kier molecular flexibility index (Phi) is 3.27. The van der Waals surface area contributed by atoms with Crippen LogP contribution in [0.15, 0.2) is 30.9 Å². The number of piperidine rings is 1. The number of carbonyl (C=O) groups is 2. The van der Waals surface area contributed by atoms with Gasteiger partial charge in [0.15, 0.2) is 5.78 Å². The number of hydrogen-bond donors (Lipinski definition) is 0. The van der Waals surface area contributed by atoms with Gasteiger partial charge in [-0.2, -0.15) is 0 Å². The maximum absolute atomic E-state index is 13.2. The summed E-state index contributed by atoms with van der Waals surface area (Å²) in [7, 11) is 0. The van der Waals surface area contributed by atoms with Crippen LogP contribution in [0.1, 0.15) is 29.6 Å². The molecule has 110 valence electrons. The van der Waals surface area contributed by atoms with E-state index in [9.17, 15) is 14.0 Å². The van der Waals surface area contributed by atoms with E-state index in [1.54, 1.807) is 4.90 Å². The molecule has 0 aliphatic carbocycles. The molecule has 3 rings (SSSR count). The zero-order chi connectivity index (χ0) is 15.0. The molecule has 0 aromatic heterocycles. The largest absolute Gasteiger partial charge is 0.486 e. The summed E-state index contributed by atoms with van der Waals surface area (Å²) in [6, 6.07) is 4.02. The van der Waals surface area contributed by atoms with Gasteiger partial charge in [-0.25, -0.2) is 4.39 Å². The van der Waals surface area contributed by atoms with Crippen molar-refractivity contribution in [2.24, 2.45) is 0 Å². The number of fused-ring (bicyclic) bond motifs is 1. The van der Waals surface area contributed by atoms with Gasteiger partial charge < -0.3 is 9.64 Å². The minimum atomic E-state index is -0.570. The minimum absolute atomic E-state index is 0.0979. The van der Waals surface area contributed by atoms with E-state index >= 15 is 0 Å². The molecule has 2 heterocycles. The zero-order valence-electron chi connectivity index (χ0n) is 11.6. The highest BCUT2D eigenvalue weighted by Crippen LogP contribution is 2.39. The molecule has 1 amide bonds. The van der Waals surface area contributed by atoms with E-state index in [2.05, 4.69) is 6.58 Å². The summed E-state index contributed by atoms with van der Waals surface area (Å²) < 4.78 is 19.2. The van der Waals surface area contributed by atoms with E-state index in [0.29, 0.717) is 37.2 Å². The van der Waals surface area contributed by atoms with Gasteiger partial charge in [0, 0.05) is 25.9 Å². The number of Topliss-reactive ketones (excluding diaryl/α,β-unsaturated/α-hetero) is 1. The van der Waals surface area contributed by atoms with Crippen LogP contribution in [-0.4, -0.2) is 35.3 Å². The Hall–Kier alpha value is -2.17. The molecule has 21 heavy (non-hydrogen) atoms. The monoisotopic (exact) mass is 289 g/mol. The number of ketones is 1. The smallest absolute Gasteiger partial charge is 0.245 e.